The Morgan fingerprint density at radius 1 is 1.26 bits per heavy atom. The van der Waals surface area contributed by atoms with Crippen molar-refractivity contribution < 1.29 is 18.0 Å². The number of halogens is 5. The Bertz CT molecular complexity index is 639. The Morgan fingerprint density at radius 3 is 2.53 bits per heavy atom. The lowest BCUT2D eigenvalue weighted by molar-refractivity contribution is -0.137. The highest BCUT2D eigenvalue weighted by Gasteiger charge is 2.35. The van der Waals surface area contributed by atoms with E-state index in [-0.39, 0.29) is 10.4 Å². The fourth-order valence-corrected chi connectivity index (χ4v) is 2.84. The molecule has 0 N–H and O–H groups in total. The standard InChI is InChI=1S/C11H4Br2F3NOS/c12-5-1-2-7(13)6(3-5)9(18)8-4-17-10(19-8)11(14,15)16/h1-4H. The molecular formula is C11H4Br2F3NOS. The molecular weight excluding hydrogens is 411 g/mol. The summed E-state index contributed by atoms with van der Waals surface area (Å²) in [6.07, 6.45) is -3.58. The highest BCUT2D eigenvalue weighted by Crippen LogP contribution is 2.34. The second-order valence-corrected chi connectivity index (χ2v) is 6.28. The topological polar surface area (TPSA) is 30.0 Å². The van der Waals surface area contributed by atoms with E-state index in [2.05, 4.69) is 36.8 Å². The minimum absolute atomic E-state index is 0.0499. The molecule has 0 radical (unpaired) electrons. The maximum atomic E-state index is 12.4. The Morgan fingerprint density at radius 2 is 1.95 bits per heavy atom. The lowest BCUT2D eigenvalue weighted by Gasteiger charge is -2.02. The number of carbonyl (C=O) groups excluding carboxylic acids is 1. The van der Waals surface area contributed by atoms with Crippen LogP contribution in [0.15, 0.2) is 33.3 Å². The van der Waals surface area contributed by atoms with E-state index >= 15 is 0 Å². The molecule has 0 bridgehead atoms. The normalized spacial score (nSPS) is 11.6. The number of thiazole rings is 1. The van der Waals surface area contributed by atoms with E-state index in [4.69, 9.17) is 0 Å². The summed E-state index contributed by atoms with van der Waals surface area (Å²) in [5, 5.41) is -1.03. The third kappa shape index (κ3) is 3.24. The average molecular weight is 415 g/mol. The van der Waals surface area contributed by atoms with Crippen molar-refractivity contribution in [2.24, 2.45) is 0 Å². The van der Waals surface area contributed by atoms with Crippen LogP contribution in [-0.2, 0) is 6.18 Å². The largest absolute Gasteiger partial charge is 0.443 e. The molecule has 2 aromatic rings. The van der Waals surface area contributed by atoms with Crippen LogP contribution in [0.3, 0.4) is 0 Å². The Labute approximate surface area is 126 Å². The minimum atomic E-state index is -4.53. The highest BCUT2D eigenvalue weighted by atomic mass is 79.9. The van der Waals surface area contributed by atoms with Crippen LogP contribution in [0.5, 0.6) is 0 Å². The molecule has 100 valence electrons. The second-order valence-electron chi connectivity index (χ2n) is 3.48. The Kier molecular flexibility index (Phi) is 4.12. The molecule has 2 rings (SSSR count). The van der Waals surface area contributed by atoms with Gasteiger partial charge in [-0.25, -0.2) is 4.98 Å². The van der Waals surface area contributed by atoms with Crippen LogP contribution in [-0.4, -0.2) is 10.8 Å². The van der Waals surface area contributed by atoms with E-state index < -0.39 is 17.0 Å². The van der Waals surface area contributed by atoms with Gasteiger partial charge >= 0.3 is 6.18 Å². The highest BCUT2D eigenvalue weighted by molar-refractivity contribution is 9.11. The van der Waals surface area contributed by atoms with Gasteiger partial charge in [-0.2, -0.15) is 13.2 Å². The number of benzene rings is 1. The Balaban J connectivity index is 2.39. The maximum absolute atomic E-state index is 12.4. The quantitative estimate of drug-likeness (QED) is 0.653. The molecule has 0 atom stereocenters. The second kappa shape index (κ2) is 5.34. The molecule has 0 saturated carbocycles. The number of hydrogen-bond acceptors (Lipinski definition) is 3. The summed E-state index contributed by atoms with van der Waals surface area (Å²) in [5.74, 6) is -0.499. The van der Waals surface area contributed by atoms with E-state index in [1.807, 2.05) is 0 Å². The fraction of sp³-hybridized carbons (Fsp3) is 0.0909. The van der Waals surface area contributed by atoms with Gasteiger partial charge in [0.2, 0.25) is 5.78 Å². The molecule has 19 heavy (non-hydrogen) atoms. The van der Waals surface area contributed by atoms with Gasteiger partial charge in [0.05, 0.1) is 4.88 Å². The molecule has 0 aliphatic carbocycles. The van der Waals surface area contributed by atoms with Crippen LogP contribution in [0.2, 0.25) is 0 Å². The number of carbonyl (C=O) groups is 1. The molecule has 1 aromatic carbocycles. The van der Waals surface area contributed by atoms with E-state index in [0.29, 0.717) is 20.3 Å². The van der Waals surface area contributed by atoms with E-state index in [1.165, 1.54) is 0 Å². The monoisotopic (exact) mass is 413 g/mol. The van der Waals surface area contributed by atoms with Gasteiger partial charge in [0.15, 0.2) is 5.01 Å². The molecule has 2 nitrogen and oxygen atoms in total. The SMILES string of the molecule is O=C(c1cnc(C(F)(F)F)s1)c1cc(Br)ccc1Br. The summed E-state index contributed by atoms with van der Waals surface area (Å²) in [4.78, 5) is 15.3. The van der Waals surface area contributed by atoms with Crippen LogP contribution >= 0.6 is 43.2 Å². The zero-order valence-corrected chi connectivity index (χ0v) is 13.0. The number of aromatic nitrogens is 1. The van der Waals surface area contributed by atoms with Gasteiger partial charge in [0.1, 0.15) is 0 Å². The third-order valence-electron chi connectivity index (χ3n) is 2.15. The van der Waals surface area contributed by atoms with Crippen LogP contribution in [0.4, 0.5) is 13.2 Å². The molecule has 0 spiro atoms. The summed E-state index contributed by atoms with van der Waals surface area (Å²) < 4.78 is 38.5. The first kappa shape index (κ1) is 14.7. The van der Waals surface area contributed by atoms with Crippen LogP contribution < -0.4 is 0 Å². The molecule has 0 aliphatic rings. The molecule has 0 aliphatic heterocycles. The first-order valence-corrected chi connectivity index (χ1v) is 7.22. The van der Waals surface area contributed by atoms with Gasteiger partial charge in [-0.05, 0) is 18.2 Å². The van der Waals surface area contributed by atoms with Crippen molar-refractivity contribution in [2.75, 3.05) is 0 Å². The van der Waals surface area contributed by atoms with Crippen molar-refractivity contribution in [2.45, 2.75) is 6.18 Å². The number of hydrogen-bond donors (Lipinski definition) is 0. The van der Waals surface area contributed by atoms with Crippen LogP contribution in [0, 0.1) is 0 Å². The molecule has 1 aromatic heterocycles. The fourth-order valence-electron chi connectivity index (χ4n) is 1.31. The van der Waals surface area contributed by atoms with Crippen molar-refractivity contribution in [3.63, 3.8) is 0 Å². The molecule has 0 unspecified atom stereocenters. The van der Waals surface area contributed by atoms with Gasteiger partial charge in [0.25, 0.3) is 0 Å². The summed E-state index contributed by atoms with van der Waals surface area (Å²) in [6, 6.07) is 4.90. The lowest BCUT2D eigenvalue weighted by atomic mass is 10.1. The maximum Gasteiger partial charge on any atom is 0.443 e. The first-order chi connectivity index (χ1) is 8.79. The predicted octanol–water partition coefficient (Wildman–Crippen LogP) is 4.92. The van der Waals surface area contributed by atoms with E-state index in [0.717, 1.165) is 6.20 Å². The summed E-state index contributed by atoms with van der Waals surface area (Å²) in [7, 11) is 0. The van der Waals surface area contributed by atoms with Gasteiger partial charge in [-0.1, -0.05) is 31.9 Å². The molecule has 0 fully saturated rings. The van der Waals surface area contributed by atoms with Gasteiger partial charge < -0.3 is 0 Å². The average Bonchev–Trinajstić information content (AvgIpc) is 2.80. The predicted molar refractivity (Wildman–Crippen MR) is 72.4 cm³/mol. The zero-order chi connectivity index (χ0) is 14.2. The number of rotatable bonds is 2. The Hall–Kier alpha value is -0.730. The van der Waals surface area contributed by atoms with Crippen LogP contribution in [0.1, 0.15) is 20.2 Å². The third-order valence-corrected chi connectivity index (χ3v) is 4.37. The molecule has 0 amide bonds. The van der Waals surface area contributed by atoms with E-state index in [1.54, 1.807) is 18.2 Å². The van der Waals surface area contributed by atoms with E-state index in [9.17, 15) is 18.0 Å². The van der Waals surface area contributed by atoms with Crippen molar-refractivity contribution in [1.29, 1.82) is 0 Å². The summed E-state index contributed by atoms with van der Waals surface area (Å²) in [6.45, 7) is 0. The number of alkyl halides is 3. The number of nitrogens with zero attached hydrogens (tertiary/aromatic N) is 1. The van der Waals surface area contributed by atoms with Crippen molar-refractivity contribution in [1.82, 2.24) is 4.98 Å². The first-order valence-electron chi connectivity index (χ1n) is 4.82. The number of ketones is 1. The van der Waals surface area contributed by atoms with Gasteiger partial charge in [-0.3, -0.25) is 4.79 Å². The van der Waals surface area contributed by atoms with Crippen molar-refractivity contribution in [3.05, 3.63) is 48.8 Å². The van der Waals surface area contributed by atoms with Crippen molar-refractivity contribution >= 4 is 49.0 Å². The zero-order valence-electron chi connectivity index (χ0n) is 8.96. The molecule has 0 saturated heterocycles. The molecule has 8 heteroatoms. The van der Waals surface area contributed by atoms with Crippen molar-refractivity contribution in [3.8, 4) is 0 Å². The lowest BCUT2D eigenvalue weighted by Crippen LogP contribution is -2.03. The summed E-state index contributed by atoms with van der Waals surface area (Å²) >= 11 is 6.74. The summed E-state index contributed by atoms with van der Waals surface area (Å²) in [5.41, 5.74) is 0.284. The minimum Gasteiger partial charge on any atom is -0.288 e. The van der Waals surface area contributed by atoms with Crippen LogP contribution in [0.25, 0.3) is 0 Å². The smallest absolute Gasteiger partial charge is 0.288 e. The molecule has 1 heterocycles. The van der Waals surface area contributed by atoms with Gasteiger partial charge in [0, 0.05) is 20.7 Å². The van der Waals surface area contributed by atoms with Gasteiger partial charge in [-0.15, -0.1) is 11.3 Å².